The third-order valence-electron chi connectivity index (χ3n) is 0.889. The molecule has 0 spiro atoms. The summed E-state index contributed by atoms with van der Waals surface area (Å²) in [7, 11) is 0. The van der Waals surface area contributed by atoms with Gasteiger partial charge in [0.25, 0.3) is 5.69 Å². The van der Waals surface area contributed by atoms with E-state index in [0.29, 0.717) is 0 Å². The van der Waals surface area contributed by atoms with Crippen LogP contribution in [0.25, 0.3) is 0 Å². The zero-order valence-corrected chi connectivity index (χ0v) is 6.44. The fourth-order valence-electron chi connectivity index (χ4n) is 0.497. The molecule has 0 amide bonds. The van der Waals surface area contributed by atoms with Crippen LogP contribution in [0, 0.1) is 16.2 Å². The Morgan fingerprint density at radius 2 is 2.20 bits per heavy atom. The minimum Gasteiger partial charge on any atom is -0.258 e. The molecule has 10 heavy (non-hydrogen) atoms. The molecule has 4 heteroatoms. The van der Waals surface area contributed by atoms with Crippen LogP contribution in [0.2, 0.25) is 0 Å². The van der Waals surface area contributed by atoms with Gasteiger partial charge in [-0.2, -0.15) is 0 Å². The fraction of sp³-hybridized carbons (Fsp3) is 0. The van der Waals surface area contributed by atoms with Crippen LogP contribution in [-0.4, -0.2) is 4.92 Å². The van der Waals surface area contributed by atoms with Crippen molar-refractivity contribution in [3.63, 3.8) is 0 Å². The van der Waals surface area contributed by atoms with Crippen LogP contribution in [-0.2, 0) is 20.4 Å². The summed E-state index contributed by atoms with van der Waals surface area (Å²) in [5.41, 5.74) is 0.0116. The van der Waals surface area contributed by atoms with Gasteiger partial charge < -0.3 is 0 Å². The second-order valence-electron chi connectivity index (χ2n) is 1.50. The molecular formula is C6H4NO2Pd. The Balaban J connectivity index is 0.000000810. The molecule has 0 bridgehead atoms. The molecule has 55 valence electrons. The summed E-state index contributed by atoms with van der Waals surface area (Å²) >= 11 is 0. The van der Waals surface area contributed by atoms with Crippen molar-refractivity contribution in [2.75, 3.05) is 0 Å². The number of hydrogen-bond acceptors (Lipinski definition) is 2. The van der Waals surface area contributed by atoms with Gasteiger partial charge >= 0.3 is 0 Å². The molecular weight excluding hydrogens is 224 g/mol. The van der Waals surface area contributed by atoms with Gasteiger partial charge in [-0.3, -0.25) is 10.1 Å². The molecule has 0 atom stereocenters. The quantitative estimate of drug-likeness (QED) is 0.414. The Morgan fingerprint density at radius 3 is 2.50 bits per heavy atom. The first-order chi connectivity index (χ1) is 4.30. The van der Waals surface area contributed by atoms with E-state index < -0.39 is 4.92 Å². The van der Waals surface area contributed by atoms with Crippen molar-refractivity contribution in [3.8, 4) is 0 Å². The van der Waals surface area contributed by atoms with E-state index in [9.17, 15) is 10.1 Å². The molecule has 1 aromatic carbocycles. The molecule has 1 rings (SSSR count). The zero-order chi connectivity index (χ0) is 6.69. The number of nitro groups is 1. The van der Waals surface area contributed by atoms with Crippen molar-refractivity contribution >= 4 is 5.69 Å². The van der Waals surface area contributed by atoms with Crippen molar-refractivity contribution in [2.24, 2.45) is 0 Å². The third kappa shape index (κ3) is 2.26. The van der Waals surface area contributed by atoms with E-state index in [0.717, 1.165) is 0 Å². The molecule has 0 N–H and O–H groups in total. The van der Waals surface area contributed by atoms with Crippen molar-refractivity contribution < 1.29 is 25.3 Å². The molecule has 0 saturated heterocycles. The molecule has 0 aliphatic heterocycles. The number of nitrogens with zero attached hydrogens (tertiary/aromatic N) is 1. The van der Waals surface area contributed by atoms with Crippen molar-refractivity contribution in [1.29, 1.82) is 0 Å². The Labute approximate surface area is 71.9 Å². The summed E-state index contributed by atoms with van der Waals surface area (Å²) in [6, 6.07) is 8.68. The van der Waals surface area contributed by atoms with Gasteiger partial charge in [0.15, 0.2) is 0 Å². The van der Waals surface area contributed by atoms with E-state index in [4.69, 9.17) is 0 Å². The van der Waals surface area contributed by atoms with E-state index >= 15 is 0 Å². The van der Waals surface area contributed by atoms with E-state index in [2.05, 4.69) is 6.07 Å². The van der Waals surface area contributed by atoms with Gasteiger partial charge in [0.1, 0.15) is 0 Å². The minimum atomic E-state index is -0.472. The fourth-order valence-corrected chi connectivity index (χ4v) is 0.497. The number of benzene rings is 1. The molecule has 0 fully saturated rings. The molecule has 1 aromatic rings. The van der Waals surface area contributed by atoms with E-state index in [1.54, 1.807) is 12.1 Å². The smallest absolute Gasteiger partial charge is 0.258 e. The Bertz CT molecular complexity index is 212. The molecule has 1 radical (unpaired) electrons. The number of para-hydroxylation sites is 1. The summed E-state index contributed by atoms with van der Waals surface area (Å²) < 4.78 is 0. The Morgan fingerprint density at radius 1 is 1.50 bits per heavy atom. The van der Waals surface area contributed by atoms with Gasteiger partial charge in [-0.1, -0.05) is 12.1 Å². The first kappa shape index (κ1) is 9.28. The van der Waals surface area contributed by atoms with Crippen LogP contribution in [0.5, 0.6) is 0 Å². The number of nitro benzene ring substituents is 1. The molecule has 0 aliphatic rings. The average Bonchev–Trinajstić information content (AvgIpc) is 1.90. The first-order valence-corrected chi connectivity index (χ1v) is 2.42. The Kier molecular flexibility index (Phi) is 3.86. The van der Waals surface area contributed by atoms with E-state index in [-0.39, 0.29) is 26.1 Å². The van der Waals surface area contributed by atoms with Gasteiger partial charge in [-0.25, -0.2) is 0 Å². The molecule has 0 aromatic heterocycles. The van der Waals surface area contributed by atoms with Gasteiger partial charge in [-0.15, -0.1) is 0 Å². The monoisotopic (exact) mass is 228 g/mol. The van der Waals surface area contributed by atoms with Crippen molar-refractivity contribution in [3.05, 3.63) is 40.4 Å². The van der Waals surface area contributed by atoms with Crippen LogP contribution >= 0.6 is 0 Å². The predicted molar refractivity (Wildman–Crippen MR) is 31.9 cm³/mol. The molecule has 0 saturated carbocycles. The van der Waals surface area contributed by atoms with E-state index in [1.807, 2.05) is 0 Å². The Hall–Kier alpha value is -0.718. The van der Waals surface area contributed by atoms with Crippen LogP contribution in [0.3, 0.4) is 0 Å². The van der Waals surface area contributed by atoms with Gasteiger partial charge in [0.05, 0.1) is 11.0 Å². The second kappa shape index (κ2) is 4.15. The maximum Gasteiger partial charge on any atom is 0.277 e. The predicted octanol–water partition coefficient (Wildman–Crippen LogP) is 1.39. The standard InChI is InChI=1S/C6H4NO2.Pd/c8-7(9)6-4-2-1-3-5-6;/h1-4H;. The summed E-state index contributed by atoms with van der Waals surface area (Å²) in [4.78, 5) is 9.50. The number of hydrogen-bond donors (Lipinski definition) is 0. The first-order valence-electron chi connectivity index (χ1n) is 2.42. The largest absolute Gasteiger partial charge is 0.277 e. The number of non-ortho nitro benzene ring substituents is 1. The van der Waals surface area contributed by atoms with Gasteiger partial charge in [0, 0.05) is 26.5 Å². The summed E-state index contributed by atoms with van der Waals surface area (Å²) in [5.74, 6) is 0. The van der Waals surface area contributed by atoms with Crippen LogP contribution in [0.15, 0.2) is 24.3 Å². The van der Waals surface area contributed by atoms with Crippen LogP contribution in [0.4, 0.5) is 5.69 Å². The van der Waals surface area contributed by atoms with Crippen molar-refractivity contribution in [1.82, 2.24) is 0 Å². The van der Waals surface area contributed by atoms with Crippen LogP contribution in [0.1, 0.15) is 0 Å². The molecule has 0 aliphatic carbocycles. The second-order valence-corrected chi connectivity index (χ2v) is 1.50. The maximum atomic E-state index is 9.98. The SMILES string of the molecule is O=[N+]([O-])c1[c]cccc1.[Pd]. The average molecular weight is 229 g/mol. The van der Waals surface area contributed by atoms with Crippen LogP contribution < -0.4 is 0 Å². The minimum absolute atomic E-state index is 0. The summed E-state index contributed by atoms with van der Waals surface area (Å²) in [6.07, 6.45) is 0. The van der Waals surface area contributed by atoms with Crippen molar-refractivity contribution in [2.45, 2.75) is 0 Å². The van der Waals surface area contributed by atoms with E-state index in [1.165, 1.54) is 12.1 Å². The summed E-state index contributed by atoms with van der Waals surface area (Å²) in [6.45, 7) is 0. The third-order valence-corrected chi connectivity index (χ3v) is 0.889. The summed E-state index contributed by atoms with van der Waals surface area (Å²) in [5, 5.41) is 9.98. The topological polar surface area (TPSA) is 43.1 Å². The normalized spacial score (nSPS) is 8.00. The molecule has 0 unspecified atom stereocenters. The number of rotatable bonds is 1. The van der Waals surface area contributed by atoms with Gasteiger partial charge in [0.2, 0.25) is 0 Å². The maximum absolute atomic E-state index is 9.98. The molecule has 0 heterocycles. The molecule has 3 nitrogen and oxygen atoms in total. The zero-order valence-electron chi connectivity index (χ0n) is 4.89. The van der Waals surface area contributed by atoms with Gasteiger partial charge in [-0.05, 0) is 6.07 Å².